The Balaban J connectivity index is 0.00000112. The second kappa shape index (κ2) is 6.53. The zero-order chi connectivity index (χ0) is 9.97. The molecule has 0 spiro atoms. The third kappa shape index (κ3) is 2.76. The van der Waals surface area contributed by atoms with E-state index in [9.17, 15) is 0 Å². The summed E-state index contributed by atoms with van der Waals surface area (Å²) in [6, 6.07) is 7.73. The summed E-state index contributed by atoms with van der Waals surface area (Å²) in [5, 5.41) is 1.06. The van der Waals surface area contributed by atoms with Crippen LogP contribution < -0.4 is 10.5 Å². The van der Waals surface area contributed by atoms with Crippen LogP contribution in [-0.2, 0) is 6.54 Å². The highest BCUT2D eigenvalue weighted by atomic mass is 35.5. The highest BCUT2D eigenvalue weighted by Gasteiger charge is 2.01. The minimum atomic E-state index is 0. The smallest absolute Gasteiger partial charge is 0.119 e. The molecule has 0 bridgehead atoms. The molecule has 1 heterocycles. The van der Waals surface area contributed by atoms with E-state index in [0.29, 0.717) is 6.54 Å². The lowest BCUT2D eigenvalue weighted by molar-refractivity contribution is 0.415. The number of hydrogen-bond acceptors (Lipinski definition) is 3. The summed E-state index contributed by atoms with van der Waals surface area (Å²) >= 11 is 0. The van der Waals surface area contributed by atoms with Gasteiger partial charge in [0.05, 0.1) is 12.6 Å². The molecule has 0 radical (unpaired) electrons. The van der Waals surface area contributed by atoms with E-state index in [2.05, 4.69) is 4.98 Å². The van der Waals surface area contributed by atoms with Crippen molar-refractivity contribution in [1.82, 2.24) is 4.98 Å². The highest BCUT2D eigenvalue weighted by molar-refractivity contribution is 5.85. The first-order valence-corrected chi connectivity index (χ1v) is 4.47. The number of benzene rings is 1. The normalized spacial score (nSPS) is 9.12. The molecule has 0 aliphatic carbocycles. The van der Waals surface area contributed by atoms with Gasteiger partial charge in [-0.2, -0.15) is 0 Å². The molecule has 0 fully saturated rings. The Hall–Kier alpha value is -1.03. The molecule has 1 aromatic carbocycles. The van der Waals surface area contributed by atoms with Gasteiger partial charge in [-0.05, 0) is 29.8 Å². The molecule has 1 aromatic heterocycles. The molecule has 0 aliphatic heterocycles. The predicted molar refractivity (Wildman–Crippen MR) is 70.7 cm³/mol. The van der Waals surface area contributed by atoms with Crippen molar-refractivity contribution >= 4 is 35.7 Å². The summed E-state index contributed by atoms with van der Waals surface area (Å²) in [5.74, 6) is 0.834. The van der Waals surface area contributed by atoms with Gasteiger partial charge in [0, 0.05) is 18.1 Å². The van der Waals surface area contributed by atoms with Gasteiger partial charge in [0.25, 0.3) is 0 Å². The van der Waals surface area contributed by atoms with E-state index in [-0.39, 0.29) is 24.8 Å². The van der Waals surface area contributed by atoms with E-state index in [4.69, 9.17) is 10.5 Å². The van der Waals surface area contributed by atoms with Crippen molar-refractivity contribution in [2.75, 3.05) is 7.11 Å². The maximum atomic E-state index is 5.64. The fourth-order valence-corrected chi connectivity index (χ4v) is 1.49. The first-order chi connectivity index (χ1) is 6.85. The van der Waals surface area contributed by atoms with Crippen molar-refractivity contribution in [3.63, 3.8) is 0 Å². The van der Waals surface area contributed by atoms with Crippen molar-refractivity contribution in [2.45, 2.75) is 6.54 Å². The lowest BCUT2D eigenvalue weighted by atomic mass is 10.1. The van der Waals surface area contributed by atoms with Crippen molar-refractivity contribution in [2.24, 2.45) is 5.73 Å². The summed E-state index contributed by atoms with van der Waals surface area (Å²) in [4.78, 5) is 4.25. The second-order valence-electron chi connectivity index (χ2n) is 3.06. The molecule has 0 aliphatic rings. The number of pyridine rings is 1. The van der Waals surface area contributed by atoms with Crippen LogP contribution in [-0.4, -0.2) is 12.1 Å². The monoisotopic (exact) mass is 260 g/mol. The summed E-state index contributed by atoms with van der Waals surface area (Å²) in [6.07, 6.45) is 1.77. The number of rotatable bonds is 2. The Morgan fingerprint density at radius 2 is 2.00 bits per heavy atom. The minimum Gasteiger partial charge on any atom is -0.497 e. The van der Waals surface area contributed by atoms with E-state index in [0.717, 1.165) is 22.2 Å². The molecule has 0 saturated heterocycles. The van der Waals surface area contributed by atoms with Crippen LogP contribution in [0, 0.1) is 0 Å². The molecular weight excluding hydrogens is 247 g/mol. The van der Waals surface area contributed by atoms with Crippen LogP contribution in [0.25, 0.3) is 10.9 Å². The lowest BCUT2D eigenvalue weighted by Crippen LogP contribution is -1.98. The van der Waals surface area contributed by atoms with Crippen molar-refractivity contribution < 1.29 is 4.74 Å². The number of hydrogen-bond donors (Lipinski definition) is 1. The zero-order valence-corrected chi connectivity index (χ0v) is 10.5. The SMILES string of the molecule is COc1ccc2nccc(CN)c2c1.Cl.Cl. The average Bonchev–Trinajstić information content (AvgIpc) is 2.27. The van der Waals surface area contributed by atoms with Gasteiger partial charge in [-0.25, -0.2) is 0 Å². The number of ether oxygens (including phenoxy) is 1. The number of nitrogens with zero attached hydrogens (tertiary/aromatic N) is 1. The van der Waals surface area contributed by atoms with Gasteiger partial charge in [-0.15, -0.1) is 24.8 Å². The number of aromatic nitrogens is 1. The van der Waals surface area contributed by atoms with E-state index >= 15 is 0 Å². The molecule has 3 nitrogen and oxygen atoms in total. The van der Waals surface area contributed by atoms with Gasteiger partial charge in [0.1, 0.15) is 5.75 Å². The number of fused-ring (bicyclic) bond motifs is 1. The van der Waals surface area contributed by atoms with Crippen LogP contribution in [0.3, 0.4) is 0 Å². The van der Waals surface area contributed by atoms with Gasteiger partial charge in [-0.1, -0.05) is 0 Å². The molecule has 88 valence electrons. The third-order valence-electron chi connectivity index (χ3n) is 2.26. The van der Waals surface area contributed by atoms with Gasteiger partial charge < -0.3 is 10.5 Å². The van der Waals surface area contributed by atoms with E-state index in [1.807, 2.05) is 24.3 Å². The van der Waals surface area contributed by atoms with Gasteiger partial charge >= 0.3 is 0 Å². The quantitative estimate of drug-likeness (QED) is 0.903. The molecular formula is C11H14Cl2N2O. The van der Waals surface area contributed by atoms with Crippen molar-refractivity contribution in [1.29, 1.82) is 0 Å². The topological polar surface area (TPSA) is 48.1 Å². The van der Waals surface area contributed by atoms with Crippen LogP contribution in [0.4, 0.5) is 0 Å². The third-order valence-corrected chi connectivity index (χ3v) is 2.26. The van der Waals surface area contributed by atoms with Crippen LogP contribution in [0.1, 0.15) is 5.56 Å². The maximum absolute atomic E-state index is 5.64. The maximum Gasteiger partial charge on any atom is 0.119 e. The van der Waals surface area contributed by atoms with Crippen molar-refractivity contribution in [3.05, 3.63) is 36.0 Å². The number of nitrogens with two attached hydrogens (primary N) is 1. The fourth-order valence-electron chi connectivity index (χ4n) is 1.49. The number of halogens is 2. The molecule has 2 rings (SSSR count). The Kier molecular flexibility index (Phi) is 6.11. The molecule has 16 heavy (non-hydrogen) atoms. The lowest BCUT2D eigenvalue weighted by Gasteiger charge is -2.05. The van der Waals surface area contributed by atoms with Crippen LogP contribution >= 0.6 is 24.8 Å². The second-order valence-corrected chi connectivity index (χ2v) is 3.06. The summed E-state index contributed by atoms with van der Waals surface area (Å²) in [5.41, 5.74) is 7.68. The van der Waals surface area contributed by atoms with Crippen molar-refractivity contribution in [3.8, 4) is 5.75 Å². The van der Waals surface area contributed by atoms with Crippen LogP contribution in [0.15, 0.2) is 30.5 Å². The van der Waals surface area contributed by atoms with Gasteiger partial charge in [-0.3, -0.25) is 4.98 Å². The van der Waals surface area contributed by atoms with Crippen LogP contribution in [0.2, 0.25) is 0 Å². The average molecular weight is 261 g/mol. The Morgan fingerprint density at radius 3 is 2.62 bits per heavy atom. The first-order valence-electron chi connectivity index (χ1n) is 4.47. The Morgan fingerprint density at radius 1 is 1.25 bits per heavy atom. The predicted octanol–water partition coefficient (Wildman–Crippen LogP) is 2.55. The molecule has 5 heteroatoms. The minimum absolute atomic E-state index is 0. The standard InChI is InChI=1S/C11H12N2O.2ClH/c1-14-9-2-3-11-10(6-9)8(7-12)4-5-13-11;;/h2-6H,7,12H2,1H3;2*1H. The molecule has 0 unspecified atom stereocenters. The first kappa shape index (κ1) is 15.0. The zero-order valence-electron chi connectivity index (χ0n) is 8.84. The summed E-state index contributed by atoms with van der Waals surface area (Å²) in [6.45, 7) is 0.520. The summed E-state index contributed by atoms with van der Waals surface area (Å²) < 4.78 is 5.15. The van der Waals surface area contributed by atoms with E-state index in [1.54, 1.807) is 13.3 Å². The molecule has 0 atom stereocenters. The molecule has 0 amide bonds. The fraction of sp³-hybridized carbons (Fsp3) is 0.182. The molecule has 2 N–H and O–H groups in total. The van der Waals surface area contributed by atoms with Gasteiger partial charge in [0.15, 0.2) is 0 Å². The summed E-state index contributed by atoms with van der Waals surface area (Å²) in [7, 11) is 1.65. The molecule has 2 aromatic rings. The molecule has 0 saturated carbocycles. The highest BCUT2D eigenvalue weighted by Crippen LogP contribution is 2.21. The Bertz CT molecular complexity index is 463. The van der Waals surface area contributed by atoms with Gasteiger partial charge in [0.2, 0.25) is 0 Å². The van der Waals surface area contributed by atoms with Crippen LogP contribution in [0.5, 0.6) is 5.75 Å². The van der Waals surface area contributed by atoms with E-state index < -0.39 is 0 Å². The van der Waals surface area contributed by atoms with E-state index in [1.165, 1.54) is 0 Å². The number of methoxy groups -OCH3 is 1. The Labute approximate surface area is 107 Å². The largest absolute Gasteiger partial charge is 0.497 e.